The summed E-state index contributed by atoms with van der Waals surface area (Å²) in [7, 11) is 0. The second-order valence-corrected chi connectivity index (χ2v) is 12.8. The van der Waals surface area contributed by atoms with Crippen LogP contribution in [0.5, 0.6) is 0 Å². The zero-order valence-corrected chi connectivity index (χ0v) is 24.9. The summed E-state index contributed by atoms with van der Waals surface area (Å²) in [5, 5.41) is 5.26. The van der Waals surface area contributed by atoms with Crippen LogP contribution < -0.4 is 4.58 Å². The number of nitrogens with zero attached hydrogens (tertiary/aromatic N) is 4. The first kappa shape index (κ1) is 24.8. The molecule has 4 aromatic heterocycles. The lowest BCUT2D eigenvalue weighted by molar-refractivity contribution is 0.783. The van der Waals surface area contributed by atoms with Gasteiger partial charge in [0.25, 0.3) is 0 Å². The maximum atomic E-state index is 4.44. The second-order valence-electron chi connectivity index (χ2n) is 11.7. The van der Waals surface area contributed by atoms with Gasteiger partial charge in [0.1, 0.15) is 11.6 Å². The van der Waals surface area contributed by atoms with Crippen LogP contribution >= 0.6 is 11.3 Å². The van der Waals surface area contributed by atoms with Crippen LogP contribution in [0.25, 0.3) is 64.2 Å². The van der Waals surface area contributed by atoms with Crippen molar-refractivity contribution < 1.29 is 0 Å². The van der Waals surface area contributed by atoms with E-state index in [1.807, 2.05) is 48.3 Å². The number of hydrogen-bond acceptors (Lipinski definition) is 3. The highest BCUT2D eigenvalue weighted by Gasteiger charge is 2.38. The standard InChI is InChI=1S/C40H25N4S/c1-4-15-36-32(10-1)38-37(45-36)17-16-31-30-11-5-14-35-39(30)44(40(31)38)34-13-3-2-12-33(34)43(35)29-21-27(25-8-6-18-41-23-25)20-28(22-29)26-9-7-19-42-24-26/h1-24,34H/q+1. The highest BCUT2D eigenvalue weighted by molar-refractivity contribution is 7.26. The average molecular weight is 594 g/mol. The Hall–Kier alpha value is -5.65. The Morgan fingerprint density at radius 2 is 1.38 bits per heavy atom. The highest BCUT2D eigenvalue weighted by Crippen LogP contribution is 2.48. The minimum Gasteiger partial charge on any atom is -0.317 e. The molecule has 45 heavy (non-hydrogen) atoms. The quantitative estimate of drug-likeness (QED) is 0.191. The zero-order chi connectivity index (χ0) is 29.5. The number of para-hydroxylation sites is 1. The first-order valence-corrected chi connectivity index (χ1v) is 16.0. The molecule has 4 nitrogen and oxygen atoms in total. The molecule has 0 fully saturated rings. The average Bonchev–Trinajstić information content (AvgIpc) is 3.66. The molecule has 1 atom stereocenters. The maximum absolute atomic E-state index is 4.44. The number of hydrogen-bond donors (Lipinski definition) is 0. The summed E-state index contributed by atoms with van der Waals surface area (Å²) in [6.07, 6.45) is 16.5. The van der Waals surface area contributed by atoms with E-state index in [0.29, 0.717) is 0 Å². The van der Waals surface area contributed by atoms with Gasteiger partial charge in [0.15, 0.2) is 0 Å². The van der Waals surface area contributed by atoms with Crippen LogP contribution in [0.4, 0.5) is 11.4 Å². The largest absolute Gasteiger partial charge is 0.317 e. The van der Waals surface area contributed by atoms with Crippen LogP contribution in [0.1, 0.15) is 6.04 Å². The minimum atomic E-state index is 0.0399. The van der Waals surface area contributed by atoms with Gasteiger partial charge in [-0.1, -0.05) is 66.8 Å². The third-order valence-electron chi connectivity index (χ3n) is 9.22. The first-order valence-electron chi connectivity index (χ1n) is 15.2. The van der Waals surface area contributed by atoms with Crippen LogP contribution in [-0.4, -0.2) is 20.2 Å². The van der Waals surface area contributed by atoms with Crippen molar-refractivity contribution in [3.8, 4) is 22.3 Å². The number of aromatic nitrogens is 3. The molecule has 5 heteroatoms. The normalized spacial score (nSPS) is 15.5. The van der Waals surface area contributed by atoms with E-state index >= 15 is 0 Å². The number of fused-ring (bicyclic) bond motifs is 9. The van der Waals surface area contributed by atoms with Gasteiger partial charge >= 0.3 is 0 Å². The van der Waals surface area contributed by atoms with Crippen LogP contribution in [0.15, 0.2) is 146 Å². The fourth-order valence-corrected chi connectivity index (χ4v) is 8.46. The van der Waals surface area contributed by atoms with E-state index in [1.54, 1.807) is 0 Å². The predicted octanol–water partition coefficient (Wildman–Crippen LogP) is 10.2. The molecule has 0 amide bonds. The van der Waals surface area contributed by atoms with E-state index in [4.69, 9.17) is 0 Å². The molecule has 0 saturated carbocycles. The Balaban J connectivity index is 1.32. The van der Waals surface area contributed by atoms with Gasteiger partial charge in [0, 0.05) is 91.1 Å². The van der Waals surface area contributed by atoms with E-state index in [9.17, 15) is 0 Å². The number of pyridine rings is 2. The van der Waals surface area contributed by atoms with Crippen LogP contribution in [0.3, 0.4) is 0 Å². The Morgan fingerprint density at radius 3 is 2.16 bits per heavy atom. The molecular weight excluding hydrogens is 569 g/mol. The van der Waals surface area contributed by atoms with Crippen molar-refractivity contribution in [2.75, 3.05) is 0 Å². The second kappa shape index (κ2) is 9.42. The molecule has 0 bridgehead atoms. The first-order chi connectivity index (χ1) is 22.3. The van der Waals surface area contributed by atoms with Crippen molar-refractivity contribution >= 4 is 70.4 Å². The monoisotopic (exact) mass is 593 g/mol. The Labute approximate surface area is 263 Å². The lowest BCUT2D eigenvalue weighted by Gasteiger charge is -2.25. The number of rotatable bonds is 3. The van der Waals surface area contributed by atoms with E-state index in [2.05, 4.69) is 128 Å². The molecule has 1 unspecified atom stereocenters. The smallest absolute Gasteiger partial charge is 0.235 e. The fraction of sp³-hybridized carbons (Fsp3) is 0.0250. The molecule has 2 aliphatic rings. The molecule has 1 aliphatic carbocycles. The molecule has 10 rings (SSSR count). The summed E-state index contributed by atoms with van der Waals surface area (Å²) in [6, 6.07) is 35.4. The zero-order valence-electron chi connectivity index (χ0n) is 24.1. The molecule has 0 radical (unpaired) electrons. The van der Waals surface area contributed by atoms with Gasteiger partial charge in [-0.25, -0.2) is 0 Å². The summed E-state index contributed by atoms with van der Waals surface area (Å²) in [6.45, 7) is 0. The van der Waals surface area contributed by atoms with Crippen LogP contribution in [-0.2, 0) is 0 Å². The SMILES string of the molecule is C1=CC2=[N+](c3cc(-c4cccnc4)cc(-c4cccnc4)c3)c3cccc4c5ccc6sc7ccccc7c6c5n(c34)C2C=C1. The van der Waals surface area contributed by atoms with Gasteiger partial charge in [0.05, 0.1) is 5.52 Å². The van der Waals surface area contributed by atoms with Crippen molar-refractivity contribution in [1.82, 2.24) is 19.1 Å². The minimum absolute atomic E-state index is 0.0399. The van der Waals surface area contributed by atoms with Crippen LogP contribution in [0.2, 0.25) is 0 Å². The van der Waals surface area contributed by atoms with Gasteiger partial charge in [-0.2, -0.15) is 4.58 Å². The van der Waals surface area contributed by atoms with Crippen molar-refractivity contribution in [3.05, 3.63) is 146 Å². The molecule has 0 spiro atoms. The van der Waals surface area contributed by atoms with Crippen molar-refractivity contribution in [2.45, 2.75) is 6.04 Å². The van der Waals surface area contributed by atoms with Gasteiger partial charge in [-0.15, -0.1) is 11.3 Å². The maximum Gasteiger partial charge on any atom is 0.235 e. The molecule has 0 saturated heterocycles. The van der Waals surface area contributed by atoms with Crippen molar-refractivity contribution in [1.29, 1.82) is 0 Å². The molecule has 8 aromatic rings. The number of thiophene rings is 1. The Bertz CT molecular complexity index is 2530. The summed E-state index contributed by atoms with van der Waals surface area (Å²) in [5.74, 6) is 0. The van der Waals surface area contributed by atoms with Crippen molar-refractivity contribution in [2.24, 2.45) is 0 Å². The third kappa shape index (κ3) is 3.56. The Morgan fingerprint density at radius 1 is 0.622 bits per heavy atom. The fourth-order valence-electron chi connectivity index (χ4n) is 7.35. The Kier molecular flexibility index (Phi) is 5.18. The van der Waals surface area contributed by atoms with Gasteiger partial charge in [-0.05, 0) is 41.5 Å². The molecular formula is C40H25N4S+. The van der Waals surface area contributed by atoms with E-state index < -0.39 is 0 Å². The molecule has 0 N–H and O–H groups in total. The summed E-state index contributed by atoms with van der Waals surface area (Å²) in [5.41, 5.74) is 10.5. The van der Waals surface area contributed by atoms with E-state index in [1.165, 1.54) is 53.4 Å². The van der Waals surface area contributed by atoms with E-state index in [-0.39, 0.29) is 6.04 Å². The van der Waals surface area contributed by atoms with Gasteiger partial charge in [-0.3, -0.25) is 9.97 Å². The topological polar surface area (TPSA) is 33.7 Å². The van der Waals surface area contributed by atoms with Gasteiger partial charge < -0.3 is 4.57 Å². The predicted molar refractivity (Wildman–Crippen MR) is 189 cm³/mol. The van der Waals surface area contributed by atoms with E-state index in [0.717, 1.165) is 27.9 Å². The van der Waals surface area contributed by atoms with Crippen molar-refractivity contribution in [3.63, 3.8) is 0 Å². The number of allylic oxidation sites excluding steroid dienone is 4. The third-order valence-corrected chi connectivity index (χ3v) is 10.4. The van der Waals surface area contributed by atoms with Crippen LogP contribution in [0, 0.1) is 0 Å². The summed E-state index contributed by atoms with van der Waals surface area (Å²) < 4.78 is 7.72. The molecule has 4 aromatic carbocycles. The lowest BCUT2D eigenvalue weighted by atomic mass is 9.97. The molecule has 1 aliphatic heterocycles. The molecule has 5 heterocycles. The summed E-state index contributed by atoms with van der Waals surface area (Å²) in [4.78, 5) is 8.89. The summed E-state index contributed by atoms with van der Waals surface area (Å²) >= 11 is 1.88. The molecule has 210 valence electrons. The highest BCUT2D eigenvalue weighted by atomic mass is 32.1. The number of benzene rings is 4. The van der Waals surface area contributed by atoms with Gasteiger partial charge in [0.2, 0.25) is 17.1 Å². The lowest BCUT2D eigenvalue weighted by Crippen LogP contribution is -2.30.